The second kappa shape index (κ2) is 16.5. The maximum absolute atomic E-state index is 13.2. The molecule has 16 heteroatoms. The molecule has 0 radical (unpaired) electrons. The molecule has 0 saturated heterocycles. The lowest BCUT2D eigenvalue weighted by Crippen LogP contribution is -2.17. The van der Waals surface area contributed by atoms with Crippen LogP contribution in [-0.4, -0.2) is 12.7 Å². The van der Waals surface area contributed by atoms with Crippen molar-refractivity contribution in [3.63, 3.8) is 0 Å². The van der Waals surface area contributed by atoms with Crippen molar-refractivity contribution in [2.24, 2.45) is 0 Å². The molecule has 0 bridgehead atoms. The second-order valence-electron chi connectivity index (χ2n) is 13.9. The predicted molar refractivity (Wildman–Crippen MR) is 213 cm³/mol. The summed E-state index contributed by atoms with van der Waals surface area (Å²) in [5, 5.41) is 82.9. The number of ether oxygens (including phenoxy) is 2. The average Bonchev–Trinajstić information content (AvgIpc) is 3.76. The van der Waals surface area contributed by atoms with E-state index in [4.69, 9.17) is 0 Å². The Bertz CT molecular complexity index is 3220. The van der Waals surface area contributed by atoms with Gasteiger partial charge in [0.05, 0.1) is 75.2 Å². The van der Waals surface area contributed by atoms with Crippen LogP contribution in [0.2, 0.25) is 0 Å². The molecular formula is C48H18F6N8O2. The molecule has 304 valence electrons. The fourth-order valence-electron chi connectivity index (χ4n) is 7.94. The van der Waals surface area contributed by atoms with Crippen LogP contribution in [0.4, 0.5) is 26.3 Å². The highest BCUT2D eigenvalue weighted by atomic mass is 19.4. The molecule has 5 aromatic rings. The first-order valence-corrected chi connectivity index (χ1v) is 18.2. The van der Waals surface area contributed by atoms with Crippen molar-refractivity contribution in [1.82, 2.24) is 0 Å². The molecule has 0 heterocycles. The van der Waals surface area contributed by atoms with E-state index in [-0.39, 0.29) is 100 Å². The number of rotatable bonds is 7. The topological polar surface area (TPSA) is 209 Å². The molecule has 64 heavy (non-hydrogen) atoms. The van der Waals surface area contributed by atoms with Gasteiger partial charge in [0.2, 0.25) is 0 Å². The normalized spacial score (nSPS) is 15.1. The van der Waals surface area contributed by atoms with E-state index in [1.807, 2.05) is 24.3 Å². The van der Waals surface area contributed by atoms with Gasteiger partial charge in [-0.05, 0) is 117 Å². The highest BCUT2D eigenvalue weighted by Gasteiger charge is 2.42. The Kier molecular flexibility index (Phi) is 10.9. The maximum Gasteiger partial charge on any atom is 0.573 e. The minimum Gasteiger partial charge on any atom is -0.406 e. The van der Waals surface area contributed by atoms with Gasteiger partial charge in [0.15, 0.2) is 0 Å². The summed E-state index contributed by atoms with van der Waals surface area (Å²) in [5.41, 5.74) is 1.00. The van der Waals surface area contributed by atoms with E-state index in [0.717, 1.165) is 24.3 Å². The van der Waals surface area contributed by atoms with E-state index in [2.05, 4.69) is 33.8 Å². The number of benzene rings is 5. The van der Waals surface area contributed by atoms with E-state index in [1.165, 1.54) is 72.8 Å². The fraction of sp³-hybridized carbons (Fsp3) is 0.0833. The maximum atomic E-state index is 13.2. The van der Waals surface area contributed by atoms with Crippen LogP contribution >= 0.6 is 0 Å². The molecule has 2 unspecified atom stereocenters. The van der Waals surface area contributed by atoms with E-state index in [9.17, 15) is 68.4 Å². The summed E-state index contributed by atoms with van der Waals surface area (Å²) < 4.78 is 87.1. The van der Waals surface area contributed by atoms with E-state index >= 15 is 0 Å². The lowest BCUT2D eigenvalue weighted by Gasteiger charge is -2.24. The highest BCUT2D eigenvalue weighted by molar-refractivity contribution is 6.31. The molecule has 0 aromatic heterocycles. The molecule has 2 aliphatic carbocycles. The third-order valence-corrected chi connectivity index (χ3v) is 10.3. The molecule has 0 N–H and O–H groups in total. The van der Waals surface area contributed by atoms with Crippen molar-refractivity contribution >= 4 is 33.4 Å². The zero-order valence-corrected chi connectivity index (χ0v) is 32.1. The number of alkyl halides is 6. The summed E-state index contributed by atoms with van der Waals surface area (Å²) in [6.07, 6.45) is -10.1. The van der Waals surface area contributed by atoms with Gasteiger partial charge in [-0.25, -0.2) is 0 Å². The van der Waals surface area contributed by atoms with Gasteiger partial charge in [-0.1, -0.05) is 24.3 Å². The van der Waals surface area contributed by atoms with Crippen molar-refractivity contribution in [3.8, 4) is 60.1 Å². The zero-order valence-electron chi connectivity index (χ0n) is 32.1. The molecule has 5 aromatic carbocycles. The van der Waals surface area contributed by atoms with Crippen LogP contribution < -0.4 is 9.47 Å². The summed E-state index contributed by atoms with van der Waals surface area (Å²) in [6, 6.07) is 36.2. The third-order valence-electron chi connectivity index (χ3n) is 10.3. The standard InChI is InChI=1S/C48H18F6N8O2/c49-47(50,51)63-33-5-1-29(2-6-33)43-41(23-61)35-15-36-38(16-37(35)45(43)39(21-59)31-11-25(17-55)9-26(12-31)18-56)46(40(22-60)32-13-27(19-57)10-28(14-32)20-58)44(42(36)24-62)30-3-7-34(8-4-30)64-48(52,53)54/h1-16,39,45H/b46-40+. The Labute approximate surface area is 359 Å². The van der Waals surface area contributed by atoms with Gasteiger partial charge in [0.1, 0.15) is 29.7 Å². The SMILES string of the molecule is N#CC1=C(c2ccc(OC(F)(F)F)cc2)/C(=C(\C#N)c2cc(C#N)cc(C#N)c2)c2cc3c(cc21)C(C#N)=C(c1ccc(OC(F)(F)F)cc1)C3C(C#N)c1cc(C#N)cc(C#N)c1. The Balaban J connectivity index is 1.58. The third kappa shape index (κ3) is 7.90. The Morgan fingerprint density at radius 3 is 1.44 bits per heavy atom. The van der Waals surface area contributed by atoms with Gasteiger partial charge in [-0.15, -0.1) is 26.3 Å². The number of hydrogen-bond donors (Lipinski definition) is 0. The molecule has 0 aliphatic heterocycles. The lowest BCUT2D eigenvalue weighted by molar-refractivity contribution is -0.275. The van der Waals surface area contributed by atoms with Crippen LogP contribution in [0.3, 0.4) is 0 Å². The summed E-state index contributed by atoms with van der Waals surface area (Å²) >= 11 is 0. The van der Waals surface area contributed by atoms with Gasteiger partial charge in [0.25, 0.3) is 0 Å². The molecule has 7 rings (SSSR count). The molecule has 2 aliphatic rings. The molecule has 0 amide bonds. The molecule has 0 saturated carbocycles. The molecule has 0 fully saturated rings. The fourth-order valence-corrected chi connectivity index (χ4v) is 7.94. The molecule has 0 spiro atoms. The van der Waals surface area contributed by atoms with Gasteiger partial charge < -0.3 is 9.47 Å². The van der Waals surface area contributed by atoms with Gasteiger partial charge in [-0.3, -0.25) is 0 Å². The summed E-state index contributed by atoms with van der Waals surface area (Å²) in [7, 11) is 0. The number of hydrogen-bond acceptors (Lipinski definition) is 10. The molecule has 10 nitrogen and oxygen atoms in total. The first kappa shape index (κ1) is 42.5. The van der Waals surface area contributed by atoms with Crippen LogP contribution in [-0.2, 0) is 0 Å². The highest BCUT2D eigenvalue weighted by Crippen LogP contribution is 2.58. The van der Waals surface area contributed by atoms with Crippen molar-refractivity contribution in [3.05, 3.63) is 164 Å². The second-order valence-corrected chi connectivity index (χ2v) is 13.9. The molecular weight excluding hydrogens is 835 g/mol. The van der Waals surface area contributed by atoms with Gasteiger partial charge in [0, 0.05) is 22.6 Å². The summed E-state index contributed by atoms with van der Waals surface area (Å²) in [4.78, 5) is 0. The lowest BCUT2D eigenvalue weighted by atomic mass is 9.76. The number of nitrogens with zero attached hydrogens (tertiary/aromatic N) is 8. The van der Waals surface area contributed by atoms with E-state index in [1.54, 1.807) is 0 Å². The quantitative estimate of drug-likeness (QED) is 0.112. The Morgan fingerprint density at radius 1 is 0.516 bits per heavy atom. The van der Waals surface area contributed by atoms with Crippen molar-refractivity contribution in [2.45, 2.75) is 24.6 Å². The van der Waals surface area contributed by atoms with Crippen LogP contribution in [0, 0.1) is 90.6 Å². The number of fused-ring (bicyclic) bond motifs is 2. The summed E-state index contributed by atoms with van der Waals surface area (Å²) in [5.74, 6) is -3.70. The van der Waals surface area contributed by atoms with Crippen molar-refractivity contribution < 1.29 is 35.8 Å². The largest absolute Gasteiger partial charge is 0.573 e. The van der Waals surface area contributed by atoms with Gasteiger partial charge >= 0.3 is 12.7 Å². The minimum atomic E-state index is -5.04. The van der Waals surface area contributed by atoms with Crippen molar-refractivity contribution in [1.29, 1.82) is 42.1 Å². The number of nitriles is 8. The number of halogens is 6. The van der Waals surface area contributed by atoms with Crippen molar-refractivity contribution in [2.75, 3.05) is 0 Å². The van der Waals surface area contributed by atoms with Crippen LogP contribution in [0.15, 0.2) is 97.1 Å². The smallest absolute Gasteiger partial charge is 0.406 e. The Hall–Kier alpha value is -9.58. The van der Waals surface area contributed by atoms with E-state index < -0.39 is 36.1 Å². The first-order valence-electron chi connectivity index (χ1n) is 18.2. The predicted octanol–water partition coefficient (Wildman–Crippen LogP) is 10.7. The monoisotopic (exact) mass is 852 g/mol. The van der Waals surface area contributed by atoms with Gasteiger partial charge in [-0.2, -0.15) is 42.1 Å². The molecule has 2 atom stereocenters. The number of allylic oxidation sites excluding steroid dienone is 6. The Morgan fingerprint density at radius 2 is 1.00 bits per heavy atom. The van der Waals surface area contributed by atoms with Crippen LogP contribution in [0.5, 0.6) is 11.5 Å². The van der Waals surface area contributed by atoms with E-state index in [0.29, 0.717) is 0 Å². The summed E-state index contributed by atoms with van der Waals surface area (Å²) in [6.45, 7) is 0. The first-order chi connectivity index (χ1) is 30.6. The van der Waals surface area contributed by atoms with Crippen LogP contribution in [0.25, 0.3) is 33.4 Å². The minimum absolute atomic E-state index is 0.0123. The zero-order chi connectivity index (χ0) is 46.1. The van der Waals surface area contributed by atoms with Crippen LogP contribution in [0.1, 0.15) is 78.6 Å². The average molecular weight is 853 g/mol.